The van der Waals surface area contributed by atoms with E-state index in [2.05, 4.69) is 11.9 Å². The molecular weight excluding hydrogens is 162 g/mol. The van der Waals surface area contributed by atoms with Gasteiger partial charge in [0.2, 0.25) is 0 Å². The van der Waals surface area contributed by atoms with Crippen LogP contribution in [0.15, 0.2) is 12.7 Å². The van der Waals surface area contributed by atoms with Gasteiger partial charge in [-0.15, -0.1) is 6.58 Å². The van der Waals surface area contributed by atoms with Gasteiger partial charge in [0.1, 0.15) is 0 Å². The van der Waals surface area contributed by atoms with Crippen LogP contribution in [0, 0.1) is 5.92 Å². The first-order valence-corrected chi connectivity index (χ1v) is 5.33. The van der Waals surface area contributed by atoms with Gasteiger partial charge in [0.15, 0.2) is 0 Å². The number of unbranched alkanes of at least 4 members (excludes halogenated alkanes) is 1. The number of nitrogens with one attached hydrogen (secondary N) is 1. The lowest BCUT2D eigenvalue weighted by Gasteiger charge is -2.07. The molecule has 0 amide bonds. The van der Waals surface area contributed by atoms with Gasteiger partial charge < -0.3 is 10.1 Å². The first kappa shape index (κ1) is 10.7. The zero-order valence-corrected chi connectivity index (χ0v) is 8.43. The molecule has 1 unspecified atom stereocenters. The van der Waals surface area contributed by atoms with Crippen molar-refractivity contribution in [1.29, 1.82) is 0 Å². The molecule has 1 N–H and O–H groups in total. The van der Waals surface area contributed by atoms with Gasteiger partial charge in [0.05, 0.1) is 0 Å². The zero-order chi connectivity index (χ0) is 9.36. The number of hydrogen-bond acceptors (Lipinski definition) is 2. The Morgan fingerprint density at radius 3 is 3.08 bits per heavy atom. The van der Waals surface area contributed by atoms with Crippen LogP contribution in [-0.2, 0) is 4.74 Å². The predicted molar refractivity (Wildman–Crippen MR) is 55.8 cm³/mol. The Kier molecular flexibility index (Phi) is 5.87. The van der Waals surface area contributed by atoms with E-state index in [-0.39, 0.29) is 0 Å². The summed E-state index contributed by atoms with van der Waals surface area (Å²) >= 11 is 0. The number of rotatable bonds is 7. The number of ether oxygens (including phenoxy) is 1. The summed E-state index contributed by atoms with van der Waals surface area (Å²) in [4.78, 5) is 0. The maximum absolute atomic E-state index is 5.31. The van der Waals surface area contributed by atoms with Gasteiger partial charge in [-0.05, 0) is 44.7 Å². The van der Waals surface area contributed by atoms with Gasteiger partial charge in [-0.1, -0.05) is 6.08 Å². The second-order valence-corrected chi connectivity index (χ2v) is 3.70. The van der Waals surface area contributed by atoms with Crippen LogP contribution < -0.4 is 5.32 Å². The summed E-state index contributed by atoms with van der Waals surface area (Å²) in [6, 6.07) is 0. The van der Waals surface area contributed by atoms with Gasteiger partial charge in [-0.25, -0.2) is 0 Å². The van der Waals surface area contributed by atoms with E-state index in [1.54, 1.807) is 0 Å². The zero-order valence-electron chi connectivity index (χ0n) is 8.43. The molecule has 1 rings (SSSR count). The third kappa shape index (κ3) is 5.06. The van der Waals surface area contributed by atoms with E-state index in [1.165, 1.54) is 19.3 Å². The standard InChI is InChI=1S/C11H21NO/c1-2-3-4-7-12-8-5-11-6-9-13-10-11/h2,11-12H,1,3-10H2. The Morgan fingerprint density at radius 2 is 2.38 bits per heavy atom. The number of hydrogen-bond donors (Lipinski definition) is 1. The van der Waals surface area contributed by atoms with Crippen LogP contribution in [0.2, 0.25) is 0 Å². The predicted octanol–water partition coefficient (Wildman–Crippen LogP) is 1.97. The van der Waals surface area contributed by atoms with Crippen LogP contribution in [0.5, 0.6) is 0 Å². The molecule has 13 heavy (non-hydrogen) atoms. The number of allylic oxidation sites excluding steroid dienone is 1. The van der Waals surface area contributed by atoms with E-state index < -0.39 is 0 Å². The molecule has 0 saturated carbocycles. The van der Waals surface area contributed by atoms with Crippen LogP contribution in [-0.4, -0.2) is 26.3 Å². The van der Waals surface area contributed by atoms with Crippen LogP contribution in [0.25, 0.3) is 0 Å². The average Bonchev–Trinajstić information content (AvgIpc) is 2.63. The summed E-state index contributed by atoms with van der Waals surface area (Å²) in [6.07, 6.45) is 6.85. The SMILES string of the molecule is C=CCCCNCCC1CCOC1. The van der Waals surface area contributed by atoms with Crippen molar-refractivity contribution in [3.8, 4) is 0 Å². The molecule has 0 aromatic carbocycles. The van der Waals surface area contributed by atoms with Crippen molar-refractivity contribution in [3.63, 3.8) is 0 Å². The van der Waals surface area contributed by atoms with E-state index in [4.69, 9.17) is 4.74 Å². The molecule has 2 heteroatoms. The minimum Gasteiger partial charge on any atom is -0.381 e. The van der Waals surface area contributed by atoms with Crippen molar-refractivity contribution in [3.05, 3.63) is 12.7 Å². The highest BCUT2D eigenvalue weighted by atomic mass is 16.5. The molecule has 1 fully saturated rings. The first-order chi connectivity index (χ1) is 6.43. The molecule has 1 atom stereocenters. The summed E-state index contributed by atoms with van der Waals surface area (Å²) in [7, 11) is 0. The molecule has 1 saturated heterocycles. The van der Waals surface area contributed by atoms with E-state index in [1.807, 2.05) is 6.08 Å². The van der Waals surface area contributed by atoms with Crippen molar-refractivity contribution in [2.24, 2.45) is 5.92 Å². The molecule has 0 bridgehead atoms. The fraction of sp³-hybridized carbons (Fsp3) is 0.818. The van der Waals surface area contributed by atoms with E-state index in [0.29, 0.717) is 0 Å². The Balaban J connectivity index is 1.80. The van der Waals surface area contributed by atoms with Crippen molar-refractivity contribution in [2.75, 3.05) is 26.3 Å². The summed E-state index contributed by atoms with van der Waals surface area (Å²) in [5, 5.41) is 3.44. The molecule has 1 aliphatic rings. The molecule has 0 spiro atoms. The van der Waals surface area contributed by atoms with Crippen LogP contribution in [0.1, 0.15) is 25.7 Å². The lowest BCUT2D eigenvalue weighted by Crippen LogP contribution is -2.19. The Morgan fingerprint density at radius 1 is 1.46 bits per heavy atom. The molecule has 0 aliphatic carbocycles. The van der Waals surface area contributed by atoms with Gasteiger partial charge in [-0.3, -0.25) is 0 Å². The van der Waals surface area contributed by atoms with Crippen molar-refractivity contribution in [1.82, 2.24) is 5.32 Å². The minimum atomic E-state index is 0.812. The van der Waals surface area contributed by atoms with Gasteiger partial charge in [0, 0.05) is 13.2 Å². The molecular formula is C11H21NO. The summed E-state index contributed by atoms with van der Waals surface area (Å²) < 4.78 is 5.31. The van der Waals surface area contributed by atoms with Crippen molar-refractivity contribution in [2.45, 2.75) is 25.7 Å². The topological polar surface area (TPSA) is 21.3 Å². The Bertz CT molecular complexity index is 130. The summed E-state index contributed by atoms with van der Waals surface area (Å²) in [6.45, 7) is 7.92. The summed E-state index contributed by atoms with van der Waals surface area (Å²) in [5.41, 5.74) is 0. The normalized spacial score (nSPS) is 22.0. The van der Waals surface area contributed by atoms with Crippen molar-refractivity contribution < 1.29 is 4.74 Å². The monoisotopic (exact) mass is 183 g/mol. The quantitative estimate of drug-likeness (QED) is 0.481. The first-order valence-electron chi connectivity index (χ1n) is 5.33. The van der Waals surface area contributed by atoms with Gasteiger partial charge in [-0.2, -0.15) is 0 Å². The maximum Gasteiger partial charge on any atom is 0.0495 e. The third-order valence-corrected chi connectivity index (χ3v) is 2.52. The van der Waals surface area contributed by atoms with E-state index in [9.17, 15) is 0 Å². The molecule has 0 radical (unpaired) electrons. The van der Waals surface area contributed by atoms with E-state index >= 15 is 0 Å². The fourth-order valence-electron chi connectivity index (χ4n) is 1.61. The molecule has 0 aromatic heterocycles. The van der Waals surface area contributed by atoms with Crippen LogP contribution in [0.3, 0.4) is 0 Å². The highest BCUT2D eigenvalue weighted by molar-refractivity contribution is 4.68. The maximum atomic E-state index is 5.31. The molecule has 1 heterocycles. The van der Waals surface area contributed by atoms with Crippen molar-refractivity contribution >= 4 is 0 Å². The molecule has 76 valence electrons. The lowest BCUT2D eigenvalue weighted by molar-refractivity contribution is 0.184. The summed E-state index contributed by atoms with van der Waals surface area (Å²) in [5.74, 6) is 0.812. The van der Waals surface area contributed by atoms with Crippen LogP contribution in [0.4, 0.5) is 0 Å². The second kappa shape index (κ2) is 7.10. The molecule has 2 nitrogen and oxygen atoms in total. The van der Waals surface area contributed by atoms with Gasteiger partial charge in [0.25, 0.3) is 0 Å². The fourth-order valence-corrected chi connectivity index (χ4v) is 1.61. The lowest BCUT2D eigenvalue weighted by atomic mass is 10.1. The highest BCUT2D eigenvalue weighted by Crippen LogP contribution is 2.14. The average molecular weight is 183 g/mol. The van der Waals surface area contributed by atoms with Crippen LogP contribution >= 0.6 is 0 Å². The highest BCUT2D eigenvalue weighted by Gasteiger charge is 2.14. The van der Waals surface area contributed by atoms with Gasteiger partial charge >= 0.3 is 0 Å². The Labute approximate surface area is 81.4 Å². The largest absolute Gasteiger partial charge is 0.381 e. The molecule has 0 aromatic rings. The Hall–Kier alpha value is -0.340. The third-order valence-electron chi connectivity index (χ3n) is 2.52. The van der Waals surface area contributed by atoms with E-state index in [0.717, 1.165) is 38.6 Å². The molecule has 1 aliphatic heterocycles. The minimum absolute atomic E-state index is 0.812. The smallest absolute Gasteiger partial charge is 0.0495 e. The second-order valence-electron chi connectivity index (χ2n) is 3.70.